The second-order valence-corrected chi connectivity index (χ2v) is 10.00. The van der Waals surface area contributed by atoms with Crippen LogP contribution >= 0.6 is 0 Å². The summed E-state index contributed by atoms with van der Waals surface area (Å²) in [6.07, 6.45) is -3.70. The Balaban J connectivity index is 5.37. The Morgan fingerprint density at radius 1 is 0.742 bits per heavy atom. The number of aliphatic carboxylic acids is 2. The van der Waals surface area contributed by atoms with E-state index in [2.05, 4.69) is 0 Å². The average Bonchev–Trinajstić information content (AvgIpc) is 2.51. The van der Waals surface area contributed by atoms with Crippen LogP contribution in [0.5, 0.6) is 0 Å². The van der Waals surface area contributed by atoms with Crippen molar-refractivity contribution in [2.75, 3.05) is 62.0 Å². The molecule has 0 fully saturated rings. The topological polar surface area (TPSA) is 169 Å². The van der Waals surface area contributed by atoms with E-state index in [1.807, 2.05) is 0 Å². The minimum atomic E-state index is -1.79. The number of carbonyl (C=O) groups excluding carboxylic acids is 2. The Kier molecular flexibility index (Phi) is 10.9. The molecular weight excluding hydrogens is 412 g/mol. The highest BCUT2D eigenvalue weighted by Crippen LogP contribution is 2.21. The highest BCUT2D eigenvalue weighted by molar-refractivity contribution is 6.01. The molecule has 0 bridgehead atoms. The number of nitrogens with zero attached hydrogens (tertiary/aromatic N) is 2. The maximum atomic E-state index is 12.7. The fourth-order valence-electron chi connectivity index (χ4n) is 3.38. The van der Waals surface area contributed by atoms with Crippen molar-refractivity contribution in [3.63, 3.8) is 0 Å². The lowest BCUT2D eigenvalue weighted by Gasteiger charge is -2.30. The fourth-order valence-corrected chi connectivity index (χ4v) is 3.38. The number of quaternary nitrogens is 2. The van der Waals surface area contributed by atoms with Crippen LogP contribution in [0.1, 0.15) is 12.8 Å². The van der Waals surface area contributed by atoms with Gasteiger partial charge in [0, 0.05) is 12.3 Å². The van der Waals surface area contributed by atoms with Crippen LogP contribution in [0.25, 0.3) is 0 Å². The van der Waals surface area contributed by atoms with Gasteiger partial charge in [-0.15, -0.1) is 0 Å². The zero-order chi connectivity index (χ0) is 24.7. The third kappa shape index (κ3) is 10.3. The lowest BCUT2D eigenvalue weighted by atomic mass is 9.84. The van der Waals surface area contributed by atoms with Crippen LogP contribution < -0.4 is 0 Å². The predicted octanol–water partition coefficient (Wildman–Crippen LogP) is -1.95. The van der Waals surface area contributed by atoms with Crippen LogP contribution in [-0.4, -0.2) is 132 Å². The van der Waals surface area contributed by atoms with Gasteiger partial charge in [0.25, 0.3) is 0 Å². The SMILES string of the molecule is C[N+](C)(C)CC(O)C(C(=O)O)C(=O)CCC(CO)C(=O)C(C(=O)O)C(O)C[N+](C)(C)C. The van der Waals surface area contributed by atoms with Gasteiger partial charge in [-0.3, -0.25) is 19.2 Å². The smallest absolute Gasteiger partial charge is 0.316 e. The predicted molar refractivity (Wildman–Crippen MR) is 110 cm³/mol. The molecule has 5 atom stereocenters. The molecule has 5 unspecified atom stereocenters. The molecule has 0 amide bonds. The summed E-state index contributed by atoms with van der Waals surface area (Å²) in [4.78, 5) is 48.3. The van der Waals surface area contributed by atoms with Gasteiger partial charge in [0.15, 0.2) is 5.78 Å². The zero-order valence-electron chi connectivity index (χ0n) is 19.2. The molecule has 0 spiro atoms. The summed E-state index contributed by atoms with van der Waals surface area (Å²) >= 11 is 0. The summed E-state index contributed by atoms with van der Waals surface area (Å²) in [6.45, 7) is -0.784. The minimum Gasteiger partial charge on any atom is -0.481 e. The Morgan fingerprint density at radius 2 is 1.13 bits per heavy atom. The van der Waals surface area contributed by atoms with E-state index in [1.165, 1.54) is 0 Å². The number of aliphatic hydroxyl groups excluding tert-OH is 3. The maximum Gasteiger partial charge on any atom is 0.316 e. The van der Waals surface area contributed by atoms with Crippen molar-refractivity contribution >= 4 is 23.5 Å². The van der Waals surface area contributed by atoms with Crippen molar-refractivity contribution in [1.82, 2.24) is 0 Å². The molecule has 31 heavy (non-hydrogen) atoms. The van der Waals surface area contributed by atoms with Crippen LogP contribution in [-0.2, 0) is 19.2 Å². The molecule has 11 heteroatoms. The number of Topliss-reactive ketones (excluding diaryl/α,β-unsaturated/α-hetero) is 2. The van der Waals surface area contributed by atoms with Crippen LogP contribution in [0, 0.1) is 17.8 Å². The Morgan fingerprint density at radius 3 is 1.45 bits per heavy atom. The van der Waals surface area contributed by atoms with E-state index in [1.54, 1.807) is 42.3 Å². The molecule has 5 N–H and O–H groups in total. The van der Waals surface area contributed by atoms with E-state index in [0.717, 1.165) is 0 Å². The summed E-state index contributed by atoms with van der Waals surface area (Å²) in [7, 11) is 10.3. The third-order valence-corrected chi connectivity index (χ3v) is 4.79. The highest BCUT2D eigenvalue weighted by Gasteiger charge is 2.41. The first-order valence-corrected chi connectivity index (χ1v) is 10.0. The van der Waals surface area contributed by atoms with Crippen molar-refractivity contribution in [3.05, 3.63) is 0 Å². The Hall–Kier alpha value is -1.92. The van der Waals surface area contributed by atoms with Crippen molar-refractivity contribution < 1.29 is 53.7 Å². The van der Waals surface area contributed by atoms with Crippen LogP contribution in [0.2, 0.25) is 0 Å². The summed E-state index contributed by atoms with van der Waals surface area (Å²) in [5.74, 6) is -9.55. The molecule has 0 aromatic carbocycles. The molecule has 0 saturated heterocycles. The van der Waals surface area contributed by atoms with Gasteiger partial charge >= 0.3 is 11.9 Å². The van der Waals surface area contributed by atoms with Crippen molar-refractivity contribution in [3.8, 4) is 0 Å². The number of hydrogen-bond donors (Lipinski definition) is 5. The molecule has 0 radical (unpaired) electrons. The third-order valence-electron chi connectivity index (χ3n) is 4.79. The number of aliphatic hydroxyl groups is 3. The first-order valence-electron chi connectivity index (χ1n) is 10.0. The zero-order valence-corrected chi connectivity index (χ0v) is 19.2. The molecular formula is C20H38N2O9+2. The summed E-state index contributed by atoms with van der Waals surface area (Å²) < 4.78 is 0.422. The number of ketones is 2. The summed E-state index contributed by atoms with van der Waals surface area (Å²) in [5.41, 5.74) is 0. The normalized spacial score (nSPS) is 17.3. The second kappa shape index (κ2) is 11.6. The molecule has 0 aliphatic carbocycles. The number of carboxylic acids is 2. The molecule has 0 aliphatic heterocycles. The van der Waals surface area contributed by atoms with Crippen molar-refractivity contribution in [2.45, 2.75) is 25.0 Å². The highest BCUT2D eigenvalue weighted by atomic mass is 16.4. The largest absolute Gasteiger partial charge is 0.481 e. The van der Waals surface area contributed by atoms with E-state index in [4.69, 9.17) is 0 Å². The van der Waals surface area contributed by atoms with E-state index in [0.29, 0.717) is 0 Å². The van der Waals surface area contributed by atoms with Gasteiger partial charge in [0.2, 0.25) is 0 Å². The fraction of sp³-hybridized carbons (Fsp3) is 0.800. The van der Waals surface area contributed by atoms with E-state index < -0.39 is 66.5 Å². The van der Waals surface area contributed by atoms with Crippen molar-refractivity contribution in [2.24, 2.45) is 17.8 Å². The Bertz CT molecular complexity index is 652. The summed E-state index contributed by atoms with van der Waals surface area (Å²) in [5, 5.41) is 48.9. The Labute approximate surface area is 182 Å². The van der Waals surface area contributed by atoms with Crippen LogP contribution in [0.15, 0.2) is 0 Å². The lowest BCUT2D eigenvalue weighted by molar-refractivity contribution is -0.873. The molecule has 11 nitrogen and oxygen atoms in total. The minimum absolute atomic E-state index is 0.00337. The van der Waals surface area contributed by atoms with E-state index >= 15 is 0 Å². The lowest BCUT2D eigenvalue weighted by Crippen LogP contribution is -2.49. The van der Waals surface area contributed by atoms with Crippen LogP contribution in [0.3, 0.4) is 0 Å². The first-order chi connectivity index (χ1) is 13.9. The quantitative estimate of drug-likeness (QED) is 0.141. The molecule has 0 saturated carbocycles. The van der Waals surface area contributed by atoms with Gasteiger partial charge in [0.1, 0.15) is 42.9 Å². The van der Waals surface area contributed by atoms with Gasteiger partial charge in [0.05, 0.1) is 48.9 Å². The van der Waals surface area contributed by atoms with Gasteiger partial charge < -0.3 is 34.5 Å². The average molecular weight is 451 g/mol. The van der Waals surface area contributed by atoms with E-state index in [-0.39, 0.29) is 28.5 Å². The number of carbonyl (C=O) groups is 4. The maximum absolute atomic E-state index is 12.7. The number of carboxylic acid groups (broad SMARTS) is 2. The van der Waals surface area contributed by atoms with Crippen LogP contribution in [0.4, 0.5) is 0 Å². The summed E-state index contributed by atoms with van der Waals surface area (Å²) in [6, 6.07) is 0. The number of rotatable bonds is 15. The monoisotopic (exact) mass is 450 g/mol. The van der Waals surface area contributed by atoms with Gasteiger partial charge in [-0.05, 0) is 6.42 Å². The number of hydrogen-bond acceptors (Lipinski definition) is 7. The molecule has 0 aliphatic rings. The molecule has 180 valence electrons. The molecule has 0 heterocycles. The van der Waals surface area contributed by atoms with E-state index in [9.17, 15) is 44.7 Å². The van der Waals surface area contributed by atoms with Gasteiger partial charge in [-0.25, -0.2) is 0 Å². The van der Waals surface area contributed by atoms with Gasteiger partial charge in [-0.1, -0.05) is 0 Å². The molecule has 0 aromatic heterocycles. The first kappa shape index (κ1) is 29.1. The standard InChI is InChI=1S/C20H36N2O9/c1-21(2,3)9-14(25)16(19(28)29)13(24)8-7-12(11-23)18(27)17(20(30)31)15(26)10-22(4,5)6/h12,14-17,23,25-26H,7-11H2,1-6H3/p+2. The van der Waals surface area contributed by atoms with Crippen molar-refractivity contribution in [1.29, 1.82) is 0 Å². The van der Waals surface area contributed by atoms with Gasteiger partial charge in [-0.2, -0.15) is 0 Å². The molecule has 0 rings (SSSR count). The second-order valence-electron chi connectivity index (χ2n) is 10.00. The molecule has 0 aromatic rings. The number of likely N-dealkylation sites (N-methyl/N-ethyl adjacent to an activating group) is 2.